The Morgan fingerprint density at radius 3 is 2.36 bits per heavy atom. The van der Waals surface area contributed by atoms with Gasteiger partial charge in [-0.25, -0.2) is 9.97 Å². The molecule has 0 saturated heterocycles. The molecule has 0 aliphatic heterocycles. The first-order chi connectivity index (χ1) is 6.65. The molecule has 0 saturated carbocycles. The number of nitrogen functional groups attached to an aromatic ring is 1. The molecule has 0 amide bonds. The summed E-state index contributed by atoms with van der Waals surface area (Å²) in [4.78, 5) is 8.31. The lowest BCUT2D eigenvalue weighted by molar-refractivity contribution is 0.0232. The Labute approximate surface area is 84.5 Å². The van der Waals surface area contributed by atoms with Crippen LogP contribution in [0.15, 0.2) is 12.4 Å². The quantitative estimate of drug-likeness (QED) is 0.795. The fraction of sp³-hybridized carbons (Fsp3) is 0.600. The van der Waals surface area contributed by atoms with Crippen LogP contribution in [0.4, 0.5) is 5.69 Å². The van der Waals surface area contributed by atoms with Crippen molar-refractivity contribution in [1.82, 2.24) is 9.97 Å². The van der Waals surface area contributed by atoms with Crippen LogP contribution in [0.1, 0.15) is 32.7 Å². The lowest BCUT2D eigenvalue weighted by Crippen LogP contribution is -2.14. The van der Waals surface area contributed by atoms with Gasteiger partial charge in [-0.05, 0) is 12.8 Å². The number of hydrogen-bond donors (Lipinski definition) is 1. The maximum atomic E-state index is 5.56. The summed E-state index contributed by atoms with van der Waals surface area (Å²) in [7, 11) is 0. The summed E-state index contributed by atoms with van der Waals surface area (Å²) in [5.74, 6) is 1.06. The second kappa shape index (κ2) is 4.91. The minimum atomic E-state index is -0.0411. The Morgan fingerprint density at radius 1 is 1.36 bits per heavy atom. The van der Waals surface area contributed by atoms with Gasteiger partial charge >= 0.3 is 0 Å². The van der Waals surface area contributed by atoms with E-state index in [4.69, 9.17) is 10.5 Å². The summed E-state index contributed by atoms with van der Waals surface area (Å²) < 4.78 is 5.56. The molecule has 1 atom stereocenters. The maximum Gasteiger partial charge on any atom is 0.157 e. The molecule has 1 heterocycles. The zero-order chi connectivity index (χ0) is 10.6. The molecule has 0 aliphatic carbocycles. The molecule has 4 nitrogen and oxygen atoms in total. The van der Waals surface area contributed by atoms with E-state index in [9.17, 15) is 0 Å². The van der Waals surface area contributed by atoms with Crippen LogP contribution in [0, 0.1) is 5.92 Å². The van der Waals surface area contributed by atoms with Crippen LogP contribution in [0.2, 0.25) is 0 Å². The third-order valence-electron chi connectivity index (χ3n) is 1.90. The van der Waals surface area contributed by atoms with Crippen molar-refractivity contribution in [3.05, 3.63) is 18.2 Å². The van der Waals surface area contributed by atoms with Crippen molar-refractivity contribution in [1.29, 1.82) is 0 Å². The number of hydrogen-bond acceptors (Lipinski definition) is 4. The molecule has 0 aliphatic rings. The van der Waals surface area contributed by atoms with E-state index in [0.29, 0.717) is 24.0 Å². The number of rotatable bonds is 4. The zero-order valence-electron chi connectivity index (χ0n) is 8.90. The van der Waals surface area contributed by atoms with Crippen LogP contribution in [0.5, 0.6) is 0 Å². The van der Waals surface area contributed by atoms with E-state index < -0.39 is 0 Å². The molecule has 0 fully saturated rings. The minimum absolute atomic E-state index is 0.0411. The Hall–Kier alpha value is -1.16. The number of anilines is 1. The lowest BCUT2D eigenvalue weighted by atomic mass is 10.1. The van der Waals surface area contributed by atoms with Gasteiger partial charge in [-0.1, -0.05) is 13.8 Å². The predicted molar refractivity (Wildman–Crippen MR) is 55.6 cm³/mol. The van der Waals surface area contributed by atoms with Gasteiger partial charge in [0.1, 0.15) is 6.10 Å². The van der Waals surface area contributed by atoms with Crippen molar-refractivity contribution in [2.45, 2.75) is 26.9 Å². The Balaban J connectivity index is 2.82. The van der Waals surface area contributed by atoms with Crippen LogP contribution in [-0.2, 0) is 4.74 Å². The van der Waals surface area contributed by atoms with Gasteiger partial charge in [0, 0.05) is 6.61 Å². The molecule has 0 radical (unpaired) electrons. The second-order valence-corrected chi connectivity index (χ2v) is 3.49. The van der Waals surface area contributed by atoms with E-state index in [-0.39, 0.29) is 6.10 Å². The molecular weight excluding hydrogens is 178 g/mol. The molecule has 0 aromatic carbocycles. The highest BCUT2D eigenvalue weighted by Crippen LogP contribution is 2.22. The molecule has 1 aromatic heterocycles. The van der Waals surface area contributed by atoms with Crippen molar-refractivity contribution in [2.75, 3.05) is 12.3 Å². The number of ether oxygens (including phenoxy) is 1. The maximum absolute atomic E-state index is 5.56. The topological polar surface area (TPSA) is 61.0 Å². The smallest absolute Gasteiger partial charge is 0.157 e. The first kappa shape index (κ1) is 10.9. The van der Waals surface area contributed by atoms with Gasteiger partial charge in [0.25, 0.3) is 0 Å². The highest BCUT2D eigenvalue weighted by atomic mass is 16.5. The van der Waals surface area contributed by atoms with Gasteiger partial charge in [0.15, 0.2) is 5.82 Å². The first-order valence-electron chi connectivity index (χ1n) is 4.84. The van der Waals surface area contributed by atoms with Crippen molar-refractivity contribution in [3.8, 4) is 0 Å². The number of aromatic nitrogens is 2. The third-order valence-corrected chi connectivity index (χ3v) is 1.90. The monoisotopic (exact) mass is 195 g/mol. The number of nitrogens with zero attached hydrogens (tertiary/aromatic N) is 2. The lowest BCUT2D eigenvalue weighted by Gasteiger charge is -2.18. The summed E-state index contributed by atoms with van der Waals surface area (Å²) >= 11 is 0. The van der Waals surface area contributed by atoms with Gasteiger partial charge in [0.05, 0.1) is 18.1 Å². The molecule has 1 unspecified atom stereocenters. The largest absolute Gasteiger partial charge is 0.396 e. The van der Waals surface area contributed by atoms with Crippen LogP contribution in [0.25, 0.3) is 0 Å². The summed E-state index contributed by atoms with van der Waals surface area (Å²) in [6.07, 6.45) is 3.17. The Kier molecular flexibility index (Phi) is 3.83. The molecule has 4 heteroatoms. The molecular formula is C10H17N3O. The molecule has 2 N–H and O–H groups in total. The van der Waals surface area contributed by atoms with E-state index in [2.05, 4.69) is 23.8 Å². The highest BCUT2D eigenvalue weighted by molar-refractivity contribution is 5.30. The molecule has 1 rings (SSSR count). The van der Waals surface area contributed by atoms with Crippen LogP contribution in [-0.4, -0.2) is 16.6 Å². The van der Waals surface area contributed by atoms with Crippen molar-refractivity contribution < 1.29 is 4.74 Å². The van der Waals surface area contributed by atoms with Crippen molar-refractivity contribution in [3.63, 3.8) is 0 Å². The van der Waals surface area contributed by atoms with Gasteiger partial charge in [-0.3, -0.25) is 0 Å². The summed E-state index contributed by atoms with van der Waals surface area (Å²) in [5.41, 5.74) is 6.09. The van der Waals surface area contributed by atoms with Gasteiger partial charge in [0.2, 0.25) is 0 Å². The van der Waals surface area contributed by atoms with Gasteiger partial charge in [-0.2, -0.15) is 0 Å². The first-order valence-corrected chi connectivity index (χ1v) is 4.84. The average Bonchev–Trinajstić information content (AvgIpc) is 2.15. The average molecular weight is 195 g/mol. The van der Waals surface area contributed by atoms with Crippen LogP contribution in [0.3, 0.4) is 0 Å². The molecule has 0 spiro atoms. The molecule has 78 valence electrons. The highest BCUT2D eigenvalue weighted by Gasteiger charge is 2.18. The van der Waals surface area contributed by atoms with E-state index in [0.717, 1.165) is 0 Å². The normalized spacial score (nSPS) is 13.1. The summed E-state index contributed by atoms with van der Waals surface area (Å²) in [6, 6.07) is 0. The molecule has 0 bridgehead atoms. The summed E-state index contributed by atoms with van der Waals surface area (Å²) in [5, 5.41) is 0. The van der Waals surface area contributed by atoms with E-state index in [1.165, 1.54) is 0 Å². The van der Waals surface area contributed by atoms with Crippen LogP contribution >= 0.6 is 0 Å². The second-order valence-electron chi connectivity index (χ2n) is 3.49. The third kappa shape index (κ3) is 2.67. The van der Waals surface area contributed by atoms with E-state index in [1.807, 2.05) is 6.92 Å². The number of nitrogens with two attached hydrogens (primary N) is 1. The van der Waals surface area contributed by atoms with Crippen molar-refractivity contribution in [2.24, 2.45) is 5.92 Å². The Morgan fingerprint density at radius 2 is 1.93 bits per heavy atom. The zero-order valence-corrected chi connectivity index (χ0v) is 8.90. The van der Waals surface area contributed by atoms with Crippen molar-refractivity contribution >= 4 is 5.69 Å². The van der Waals surface area contributed by atoms with E-state index in [1.54, 1.807) is 12.4 Å². The van der Waals surface area contributed by atoms with Gasteiger partial charge < -0.3 is 10.5 Å². The molecule has 1 aromatic rings. The molecule has 14 heavy (non-hydrogen) atoms. The predicted octanol–water partition coefficient (Wildman–Crippen LogP) is 1.79. The summed E-state index contributed by atoms with van der Waals surface area (Å²) in [6.45, 7) is 6.79. The fourth-order valence-corrected chi connectivity index (χ4v) is 1.24. The SMILES string of the molecule is CCOC(c1ncc(N)cn1)C(C)C. The van der Waals surface area contributed by atoms with Crippen LogP contribution < -0.4 is 5.73 Å². The Bertz CT molecular complexity index is 271. The fourth-order valence-electron chi connectivity index (χ4n) is 1.24. The standard InChI is InChI=1S/C10H17N3O/c1-4-14-9(7(2)3)10-12-5-8(11)6-13-10/h5-7,9H,4,11H2,1-3H3. The van der Waals surface area contributed by atoms with Gasteiger partial charge in [-0.15, -0.1) is 0 Å². The van der Waals surface area contributed by atoms with E-state index >= 15 is 0 Å². The minimum Gasteiger partial charge on any atom is -0.396 e.